The highest BCUT2D eigenvalue weighted by Crippen LogP contribution is 2.04. The summed E-state index contributed by atoms with van der Waals surface area (Å²) in [6.07, 6.45) is 15.0. The zero-order chi connectivity index (χ0) is 15.1. The molecular formula is C16H26O4. The third-order valence-electron chi connectivity index (χ3n) is 2.81. The van der Waals surface area contributed by atoms with E-state index in [9.17, 15) is 9.59 Å². The molecule has 0 radical (unpaired) electrons. The van der Waals surface area contributed by atoms with Gasteiger partial charge in [-0.2, -0.15) is 0 Å². The molecule has 0 aromatic heterocycles. The molecule has 4 nitrogen and oxygen atoms in total. The van der Waals surface area contributed by atoms with Gasteiger partial charge in [-0.15, -0.1) is 0 Å². The van der Waals surface area contributed by atoms with Gasteiger partial charge in [-0.05, 0) is 38.5 Å². The zero-order valence-corrected chi connectivity index (χ0v) is 12.6. The molecule has 0 saturated heterocycles. The highest BCUT2D eigenvalue weighted by atomic mass is 16.5. The van der Waals surface area contributed by atoms with Gasteiger partial charge in [0.2, 0.25) is 0 Å². The van der Waals surface area contributed by atoms with E-state index in [0.717, 1.165) is 38.5 Å². The van der Waals surface area contributed by atoms with E-state index < -0.39 is 0 Å². The Hall–Kier alpha value is -1.58. The third-order valence-corrected chi connectivity index (χ3v) is 2.81. The van der Waals surface area contributed by atoms with Gasteiger partial charge in [0, 0.05) is 12.8 Å². The summed E-state index contributed by atoms with van der Waals surface area (Å²) in [5.41, 5.74) is 0. The second-order valence-electron chi connectivity index (χ2n) is 4.46. The van der Waals surface area contributed by atoms with Crippen LogP contribution < -0.4 is 0 Å². The van der Waals surface area contributed by atoms with Gasteiger partial charge in [0.05, 0.1) is 14.2 Å². The highest BCUT2D eigenvalue weighted by molar-refractivity contribution is 5.69. The molecule has 0 aliphatic heterocycles. The first-order valence-electron chi connectivity index (χ1n) is 7.14. The van der Waals surface area contributed by atoms with Crippen LogP contribution in [0.4, 0.5) is 0 Å². The molecular weight excluding hydrogens is 256 g/mol. The van der Waals surface area contributed by atoms with Gasteiger partial charge >= 0.3 is 11.9 Å². The molecule has 0 saturated carbocycles. The van der Waals surface area contributed by atoms with Crippen molar-refractivity contribution in [3.63, 3.8) is 0 Å². The van der Waals surface area contributed by atoms with E-state index in [1.165, 1.54) is 14.2 Å². The largest absolute Gasteiger partial charge is 0.469 e. The van der Waals surface area contributed by atoms with Gasteiger partial charge in [-0.1, -0.05) is 24.3 Å². The number of esters is 2. The first-order chi connectivity index (χ1) is 9.70. The minimum absolute atomic E-state index is 0.160. The molecule has 0 aromatic rings. The summed E-state index contributed by atoms with van der Waals surface area (Å²) in [7, 11) is 2.81. The molecule has 4 heteroatoms. The van der Waals surface area contributed by atoms with Gasteiger partial charge in [-0.3, -0.25) is 9.59 Å². The number of hydrogen-bond donors (Lipinski definition) is 0. The zero-order valence-electron chi connectivity index (χ0n) is 12.6. The molecule has 0 spiro atoms. The minimum Gasteiger partial charge on any atom is -0.469 e. The fourth-order valence-electron chi connectivity index (χ4n) is 1.60. The monoisotopic (exact) mass is 282 g/mol. The van der Waals surface area contributed by atoms with Crippen LogP contribution in [0.1, 0.15) is 51.4 Å². The van der Waals surface area contributed by atoms with Crippen LogP contribution in [-0.4, -0.2) is 26.2 Å². The molecule has 0 aliphatic rings. The van der Waals surface area contributed by atoms with Crippen LogP contribution in [0.2, 0.25) is 0 Å². The van der Waals surface area contributed by atoms with Crippen molar-refractivity contribution in [3.8, 4) is 0 Å². The first kappa shape index (κ1) is 18.4. The highest BCUT2D eigenvalue weighted by Gasteiger charge is 1.96. The predicted molar refractivity (Wildman–Crippen MR) is 79.2 cm³/mol. The van der Waals surface area contributed by atoms with Crippen molar-refractivity contribution in [3.05, 3.63) is 24.3 Å². The minimum atomic E-state index is -0.160. The number of carbonyl (C=O) groups is 2. The molecule has 0 heterocycles. The molecule has 20 heavy (non-hydrogen) atoms. The molecule has 0 amide bonds. The Balaban J connectivity index is 3.31. The van der Waals surface area contributed by atoms with Crippen molar-refractivity contribution < 1.29 is 19.1 Å². The lowest BCUT2D eigenvalue weighted by molar-refractivity contribution is -0.141. The number of carbonyl (C=O) groups excluding carboxylic acids is 2. The van der Waals surface area contributed by atoms with E-state index in [0.29, 0.717) is 12.8 Å². The number of unbranched alkanes of at least 4 members (excludes halogenated alkanes) is 3. The summed E-state index contributed by atoms with van der Waals surface area (Å²) < 4.78 is 9.11. The Morgan fingerprint density at radius 3 is 1.40 bits per heavy atom. The van der Waals surface area contributed by atoms with Crippen molar-refractivity contribution in [1.82, 2.24) is 0 Å². The summed E-state index contributed by atoms with van der Waals surface area (Å²) in [6.45, 7) is 0. The third kappa shape index (κ3) is 12.9. The number of methoxy groups -OCH3 is 2. The predicted octanol–water partition coefficient (Wildman–Crippen LogP) is 3.57. The van der Waals surface area contributed by atoms with Gasteiger partial charge in [0.15, 0.2) is 0 Å². The summed E-state index contributed by atoms with van der Waals surface area (Å²) in [5, 5.41) is 0. The number of allylic oxidation sites excluding steroid dienone is 4. The van der Waals surface area contributed by atoms with Crippen LogP contribution in [0.25, 0.3) is 0 Å². The van der Waals surface area contributed by atoms with Crippen LogP contribution in [-0.2, 0) is 19.1 Å². The van der Waals surface area contributed by atoms with Crippen molar-refractivity contribution in [2.24, 2.45) is 0 Å². The Bertz CT molecular complexity index is 286. The lowest BCUT2D eigenvalue weighted by Gasteiger charge is -1.96. The molecule has 0 aromatic carbocycles. The smallest absolute Gasteiger partial charge is 0.305 e. The van der Waals surface area contributed by atoms with Gasteiger partial charge in [-0.25, -0.2) is 0 Å². The lowest BCUT2D eigenvalue weighted by Crippen LogP contribution is -1.97. The fraction of sp³-hybridized carbons (Fsp3) is 0.625. The van der Waals surface area contributed by atoms with Crippen molar-refractivity contribution >= 4 is 11.9 Å². The average molecular weight is 282 g/mol. The summed E-state index contributed by atoms with van der Waals surface area (Å²) in [4.78, 5) is 21.7. The maximum Gasteiger partial charge on any atom is 0.305 e. The van der Waals surface area contributed by atoms with Crippen LogP contribution >= 0.6 is 0 Å². The van der Waals surface area contributed by atoms with Crippen molar-refractivity contribution in [2.45, 2.75) is 51.4 Å². The van der Waals surface area contributed by atoms with Crippen LogP contribution in [0.3, 0.4) is 0 Å². The second-order valence-corrected chi connectivity index (χ2v) is 4.46. The lowest BCUT2D eigenvalue weighted by atomic mass is 10.1. The van der Waals surface area contributed by atoms with E-state index in [1.807, 2.05) is 12.2 Å². The van der Waals surface area contributed by atoms with Gasteiger partial charge in [0.1, 0.15) is 0 Å². The Morgan fingerprint density at radius 2 is 1.05 bits per heavy atom. The SMILES string of the molecule is COC(=O)CCC=CCCCCC=CCCC(=O)OC. The van der Waals surface area contributed by atoms with Crippen molar-refractivity contribution in [2.75, 3.05) is 14.2 Å². The molecule has 0 atom stereocenters. The summed E-state index contributed by atoms with van der Waals surface area (Å²) in [5.74, 6) is -0.321. The quantitative estimate of drug-likeness (QED) is 0.330. The van der Waals surface area contributed by atoms with E-state index in [2.05, 4.69) is 21.6 Å². The Morgan fingerprint density at radius 1 is 0.700 bits per heavy atom. The molecule has 0 fully saturated rings. The van der Waals surface area contributed by atoms with Crippen LogP contribution in [0, 0.1) is 0 Å². The maximum atomic E-state index is 10.8. The number of ether oxygens (including phenoxy) is 2. The average Bonchev–Trinajstić information content (AvgIpc) is 2.47. The number of rotatable bonds is 11. The van der Waals surface area contributed by atoms with Gasteiger partial charge in [0.25, 0.3) is 0 Å². The fourth-order valence-corrected chi connectivity index (χ4v) is 1.60. The van der Waals surface area contributed by atoms with Gasteiger partial charge < -0.3 is 9.47 Å². The van der Waals surface area contributed by atoms with Crippen LogP contribution in [0.5, 0.6) is 0 Å². The molecule has 114 valence electrons. The maximum absolute atomic E-state index is 10.8. The molecule has 0 rings (SSSR count). The summed E-state index contributed by atoms with van der Waals surface area (Å²) >= 11 is 0. The Labute approximate surface area is 121 Å². The molecule has 0 aliphatic carbocycles. The standard InChI is InChI=1S/C16H26O4/c1-19-15(17)13-11-9-7-5-3-4-6-8-10-12-14-16(18)20-2/h7-10H,3-6,11-14H2,1-2H3. The summed E-state index contributed by atoms with van der Waals surface area (Å²) in [6, 6.07) is 0. The van der Waals surface area contributed by atoms with Crippen molar-refractivity contribution in [1.29, 1.82) is 0 Å². The topological polar surface area (TPSA) is 52.6 Å². The van der Waals surface area contributed by atoms with E-state index in [1.54, 1.807) is 0 Å². The second kappa shape index (κ2) is 13.8. The molecule has 0 N–H and O–H groups in total. The van der Waals surface area contributed by atoms with E-state index in [4.69, 9.17) is 0 Å². The van der Waals surface area contributed by atoms with E-state index in [-0.39, 0.29) is 11.9 Å². The number of hydrogen-bond acceptors (Lipinski definition) is 4. The Kier molecular flexibility index (Phi) is 12.7. The normalized spacial score (nSPS) is 11.1. The first-order valence-corrected chi connectivity index (χ1v) is 7.14. The van der Waals surface area contributed by atoms with Crippen LogP contribution in [0.15, 0.2) is 24.3 Å². The molecule has 0 bridgehead atoms. The molecule has 0 unspecified atom stereocenters. The van der Waals surface area contributed by atoms with E-state index >= 15 is 0 Å².